The maximum absolute atomic E-state index is 12.0. The third kappa shape index (κ3) is 6.15. The van der Waals surface area contributed by atoms with Crippen LogP contribution in [-0.4, -0.2) is 36.2 Å². The van der Waals surface area contributed by atoms with Gasteiger partial charge in [-0.25, -0.2) is 4.79 Å². The Bertz CT molecular complexity index is 529. The molecule has 0 aliphatic carbocycles. The number of nitrogens with one attached hydrogen (secondary N) is 1. The maximum atomic E-state index is 12.0. The highest BCUT2D eigenvalue weighted by atomic mass is 16.6. The van der Waals surface area contributed by atoms with Crippen molar-refractivity contribution in [2.24, 2.45) is 0 Å². The number of hydrogen-bond donors (Lipinski definition) is 1. The second-order valence-corrected chi connectivity index (χ2v) is 6.01. The Morgan fingerprint density at radius 1 is 1.36 bits per heavy atom. The van der Waals surface area contributed by atoms with Gasteiger partial charge in [0, 0.05) is 26.2 Å². The number of carbonyl (C=O) groups is 1. The van der Waals surface area contributed by atoms with Crippen molar-refractivity contribution in [3.8, 4) is 6.07 Å². The summed E-state index contributed by atoms with van der Waals surface area (Å²) in [5.41, 5.74) is 1.16. The van der Waals surface area contributed by atoms with Gasteiger partial charge in [0.1, 0.15) is 5.60 Å². The number of benzene rings is 1. The van der Waals surface area contributed by atoms with E-state index in [9.17, 15) is 4.79 Å². The van der Waals surface area contributed by atoms with E-state index in [1.807, 2.05) is 45.9 Å². The fourth-order valence-electron chi connectivity index (χ4n) is 1.93. The number of nitrogens with zero attached hydrogens (tertiary/aromatic N) is 2. The van der Waals surface area contributed by atoms with Crippen LogP contribution in [0.25, 0.3) is 0 Å². The minimum absolute atomic E-state index is 0.297. The van der Waals surface area contributed by atoms with Crippen molar-refractivity contribution in [2.75, 3.05) is 19.6 Å². The molecule has 0 saturated heterocycles. The number of carbonyl (C=O) groups excluding carboxylic acids is 1. The van der Waals surface area contributed by atoms with Crippen LogP contribution in [0.4, 0.5) is 4.79 Å². The van der Waals surface area contributed by atoms with Gasteiger partial charge in [0.2, 0.25) is 0 Å². The zero-order valence-electron chi connectivity index (χ0n) is 13.8. The van der Waals surface area contributed by atoms with Gasteiger partial charge >= 0.3 is 6.09 Å². The van der Waals surface area contributed by atoms with Gasteiger partial charge in [0.15, 0.2) is 0 Å². The summed E-state index contributed by atoms with van der Waals surface area (Å²) in [4.78, 5) is 13.6. The van der Waals surface area contributed by atoms with Crippen LogP contribution >= 0.6 is 0 Å². The fourth-order valence-corrected chi connectivity index (χ4v) is 1.93. The summed E-state index contributed by atoms with van der Waals surface area (Å²) in [7, 11) is 0. The summed E-state index contributed by atoms with van der Waals surface area (Å²) in [6.07, 6.45) is -0.297. The van der Waals surface area contributed by atoms with Gasteiger partial charge in [0.25, 0.3) is 0 Å². The molecule has 0 fully saturated rings. The van der Waals surface area contributed by atoms with Gasteiger partial charge < -0.3 is 15.0 Å². The molecule has 0 aliphatic heterocycles. The summed E-state index contributed by atoms with van der Waals surface area (Å²) in [6.45, 7) is 9.92. The van der Waals surface area contributed by atoms with E-state index in [1.54, 1.807) is 11.0 Å². The molecule has 0 spiro atoms. The molecule has 1 aromatic rings. The van der Waals surface area contributed by atoms with Crippen LogP contribution in [0.15, 0.2) is 24.3 Å². The Labute approximate surface area is 132 Å². The molecule has 0 aromatic heterocycles. The van der Waals surface area contributed by atoms with Gasteiger partial charge in [-0.2, -0.15) is 5.26 Å². The molecule has 120 valence electrons. The third-order valence-electron chi connectivity index (χ3n) is 3.05. The first-order valence-electron chi connectivity index (χ1n) is 7.54. The average Bonchev–Trinajstić information content (AvgIpc) is 2.45. The number of ether oxygens (including phenoxy) is 1. The molecule has 0 saturated carbocycles. The second-order valence-electron chi connectivity index (χ2n) is 6.01. The average molecular weight is 303 g/mol. The van der Waals surface area contributed by atoms with Crippen LogP contribution in [0.1, 0.15) is 38.8 Å². The van der Waals surface area contributed by atoms with E-state index < -0.39 is 5.60 Å². The molecule has 0 aliphatic rings. The molecule has 1 rings (SSSR count). The largest absolute Gasteiger partial charge is 0.444 e. The lowest BCUT2D eigenvalue weighted by Crippen LogP contribution is -2.40. The molecule has 0 bridgehead atoms. The molecule has 0 radical (unpaired) electrons. The third-order valence-corrected chi connectivity index (χ3v) is 3.05. The molecule has 1 amide bonds. The highest BCUT2D eigenvalue weighted by Gasteiger charge is 2.20. The maximum Gasteiger partial charge on any atom is 0.410 e. The van der Waals surface area contributed by atoms with E-state index >= 15 is 0 Å². The zero-order chi connectivity index (χ0) is 16.6. The van der Waals surface area contributed by atoms with E-state index in [1.165, 1.54) is 0 Å². The molecule has 1 N–H and O–H groups in total. The van der Waals surface area contributed by atoms with E-state index in [4.69, 9.17) is 10.00 Å². The summed E-state index contributed by atoms with van der Waals surface area (Å²) in [5, 5.41) is 12.3. The lowest BCUT2D eigenvalue weighted by Gasteiger charge is -2.26. The minimum Gasteiger partial charge on any atom is -0.444 e. The number of amides is 1. The number of nitriles is 1. The summed E-state index contributed by atoms with van der Waals surface area (Å²) in [6, 6.07) is 9.67. The van der Waals surface area contributed by atoms with Gasteiger partial charge in [-0.05, 0) is 39.3 Å². The fraction of sp³-hybridized carbons (Fsp3) is 0.529. The Morgan fingerprint density at radius 3 is 2.64 bits per heavy atom. The SMILES string of the molecule is CCN(CCNCc1ccccc1C#N)C(=O)OC(C)(C)C. The van der Waals surface area contributed by atoms with Crippen LogP contribution in [0.2, 0.25) is 0 Å². The highest BCUT2D eigenvalue weighted by molar-refractivity contribution is 5.68. The first-order chi connectivity index (χ1) is 10.4. The molecule has 5 heteroatoms. The molecular weight excluding hydrogens is 278 g/mol. The lowest BCUT2D eigenvalue weighted by molar-refractivity contribution is 0.0262. The predicted molar refractivity (Wildman–Crippen MR) is 86.3 cm³/mol. The van der Waals surface area contributed by atoms with E-state index in [-0.39, 0.29) is 6.09 Å². The monoisotopic (exact) mass is 303 g/mol. The lowest BCUT2D eigenvalue weighted by atomic mass is 10.1. The van der Waals surface area contributed by atoms with Crippen molar-refractivity contribution < 1.29 is 9.53 Å². The smallest absolute Gasteiger partial charge is 0.410 e. The van der Waals surface area contributed by atoms with Gasteiger partial charge in [-0.15, -0.1) is 0 Å². The van der Waals surface area contributed by atoms with Crippen LogP contribution in [0.5, 0.6) is 0 Å². The van der Waals surface area contributed by atoms with Crippen molar-refractivity contribution >= 4 is 6.09 Å². The minimum atomic E-state index is -0.482. The van der Waals surface area contributed by atoms with Crippen molar-refractivity contribution in [1.29, 1.82) is 5.26 Å². The summed E-state index contributed by atoms with van der Waals surface area (Å²) >= 11 is 0. The van der Waals surface area contributed by atoms with Crippen LogP contribution < -0.4 is 5.32 Å². The molecule has 5 nitrogen and oxygen atoms in total. The Morgan fingerprint density at radius 2 is 2.05 bits per heavy atom. The Balaban J connectivity index is 2.42. The van der Waals surface area contributed by atoms with Gasteiger partial charge in [0.05, 0.1) is 11.6 Å². The van der Waals surface area contributed by atoms with Gasteiger partial charge in [-0.1, -0.05) is 18.2 Å². The van der Waals surface area contributed by atoms with E-state index in [2.05, 4.69) is 11.4 Å². The molecule has 1 aromatic carbocycles. The van der Waals surface area contributed by atoms with E-state index in [0.29, 0.717) is 31.7 Å². The standard InChI is InChI=1S/C17H25N3O2/c1-5-20(16(21)22-17(2,3)4)11-10-19-13-15-9-7-6-8-14(15)12-18/h6-9,19H,5,10-11,13H2,1-4H3. The number of hydrogen-bond acceptors (Lipinski definition) is 4. The predicted octanol–water partition coefficient (Wildman–Crippen LogP) is 2.90. The number of likely N-dealkylation sites (N-methyl/N-ethyl adjacent to an activating group) is 1. The molecule has 22 heavy (non-hydrogen) atoms. The highest BCUT2D eigenvalue weighted by Crippen LogP contribution is 2.10. The second kappa shape index (κ2) is 8.40. The van der Waals surface area contributed by atoms with Crippen molar-refractivity contribution in [1.82, 2.24) is 10.2 Å². The quantitative estimate of drug-likeness (QED) is 0.821. The van der Waals surface area contributed by atoms with E-state index in [0.717, 1.165) is 5.56 Å². The van der Waals surface area contributed by atoms with Crippen LogP contribution in [-0.2, 0) is 11.3 Å². The molecule has 0 atom stereocenters. The molecular formula is C17H25N3O2. The first kappa shape index (κ1) is 18.0. The normalized spacial score (nSPS) is 10.9. The van der Waals surface area contributed by atoms with Gasteiger partial charge in [-0.3, -0.25) is 0 Å². The van der Waals surface area contributed by atoms with Crippen molar-refractivity contribution in [2.45, 2.75) is 39.8 Å². The van der Waals surface area contributed by atoms with Crippen LogP contribution in [0, 0.1) is 11.3 Å². The van der Waals surface area contributed by atoms with Crippen LogP contribution in [0.3, 0.4) is 0 Å². The summed E-state index contributed by atoms with van der Waals surface area (Å²) < 4.78 is 5.36. The van der Waals surface area contributed by atoms with Crippen molar-refractivity contribution in [3.05, 3.63) is 35.4 Å². The Hall–Kier alpha value is -2.06. The Kier molecular flexibility index (Phi) is 6.87. The molecule has 0 heterocycles. The van der Waals surface area contributed by atoms with Crippen molar-refractivity contribution in [3.63, 3.8) is 0 Å². The topological polar surface area (TPSA) is 65.4 Å². The zero-order valence-corrected chi connectivity index (χ0v) is 13.8. The first-order valence-corrected chi connectivity index (χ1v) is 7.54. The number of rotatable bonds is 6. The molecule has 0 unspecified atom stereocenters. The summed E-state index contributed by atoms with van der Waals surface area (Å²) in [5.74, 6) is 0.